The van der Waals surface area contributed by atoms with Gasteiger partial charge in [0, 0.05) is 5.54 Å². The van der Waals surface area contributed by atoms with Gasteiger partial charge in [0.05, 0.1) is 17.6 Å². The Morgan fingerprint density at radius 2 is 2.06 bits per heavy atom. The monoisotopic (exact) mass is 245 g/mol. The Kier molecular flexibility index (Phi) is 2.67. The molecule has 2 rings (SSSR count). The lowest BCUT2D eigenvalue weighted by Gasteiger charge is -2.40. The fourth-order valence-electron chi connectivity index (χ4n) is 1.89. The van der Waals surface area contributed by atoms with Crippen LogP contribution < -0.4 is 11.1 Å². The molecule has 3 N–H and O–H groups in total. The summed E-state index contributed by atoms with van der Waals surface area (Å²) >= 11 is 0. The van der Waals surface area contributed by atoms with E-state index in [1.807, 2.05) is 6.92 Å². The van der Waals surface area contributed by atoms with Crippen molar-refractivity contribution in [3.63, 3.8) is 0 Å². The van der Waals surface area contributed by atoms with Crippen molar-refractivity contribution in [2.24, 2.45) is 0 Å². The molecule has 0 radical (unpaired) electrons. The molecule has 0 unspecified atom stereocenters. The van der Waals surface area contributed by atoms with Crippen molar-refractivity contribution in [1.82, 2.24) is 4.98 Å². The number of anilines is 2. The van der Waals surface area contributed by atoms with E-state index in [9.17, 15) is 13.2 Å². The van der Waals surface area contributed by atoms with Crippen LogP contribution in [0.1, 0.15) is 31.9 Å². The average molecular weight is 245 g/mol. The Bertz CT molecular complexity index is 424. The van der Waals surface area contributed by atoms with Gasteiger partial charge in [-0.25, -0.2) is 4.98 Å². The van der Waals surface area contributed by atoms with Crippen molar-refractivity contribution in [3.8, 4) is 0 Å². The molecule has 1 aliphatic rings. The van der Waals surface area contributed by atoms with Crippen molar-refractivity contribution in [2.75, 3.05) is 11.1 Å². The summed E-state index contributed by atoms with van der Waals surface area (Å²) in [6.45, 7) is 1.98. The molecule has 17 heavy (non-hydrogen) atoms. The van der Waals surface area contributed by atoms with Gasteiger partial charge in [0.2, 0.25) is 0 Å². The van der Waals surface area contributed by atoms with E-state index in [2.05, 4.69) is 10.3 Å². The molecule has 0 atom stereocenters. The van der Waals surface area contributed by atoms with Gasteiger partial charge in [0.25, 0.3) is 0 Å². The summed E-state index contributed by atoms with van der Waals surface area (Å²) in [6, 6.07) is 0.971. The highest BCUT2D eigenvalue weighted by Crippen LogP contribution is 2.37. The Hall–Kier alpha value is -1.46. The highest BCUT2D eigenvalue weighted by atomic mass is 19.4. The number of nitrogens with zero attached hydrogens (tertiary/aromatic N) is 1. The van der Waals surface area contributed by atoms with Gasteiger partial charge in [-0.2, -0.15) is 13.2 Å². The summed E-state index contributed by atoms with van der Waals surface area (Å²) in [4.78, 5) is 3.29. The van der Waals surface area contributed by atoms with Crippen LogP contribution in [0.2, 0.25) is 0 Å². The fraction of sp³-hybridized carbons (Fsp3) is 0.545. The summed E-state index contributed by atoms with van der Waals surface area (Å²) in [5.74, 6) is 0. The molecular weight excluding hydrogens is 231 g/mol. The first-order valence-electron chi connectivity index (χ1n) is 5.41. The predicted molar refractivity (Wildman–Crippen MR) is 59.5 cm³/mol. The van der Waals surface area contributed by atoms with Crippen molar-refractivity contribution in [2.45, 2.75) is 37.9 Å². The minimum Gasteiger partial charge on any atom is -0.396 e. The largest absolute Gasteiger partial charge is 0.433 e. The van der Waals surface area contributed by atoms with Crippen LogP contribution in [-0.4, -0.2) is 10.5 Å². The van der Waals surface area contributed by atoms with E-state index in [-0.39, 0.29) is 11.2 Å². The van der Waals surface area contributed by atoms with E-state index in [1.165, 1.54) is 0 Å². The fourth-order valence-corrected chi connectivity index (χ4v) is 1.89. The van der Waals surface area contributed by atoms with Crippen LogP contribution in [-0.2, 0) is 6.18 Å². The van der Waals surface area contributed by atoms with E-state index in [0.717, 1.165) is 31.5 Å². The van der Waals surface area contributed by atoms with Crippen molar-refractivity contribution < 1.29 is 13.2 Å². The second-order valence-corrected chi connectivity index (χ2v) is 4.69. The maximum atomic E-state index is 12.5. The SMILES string of the molecule is CC1(Nc2cc(C(F)(F)F)ncc2N)CCC1. The van der Waals surface area contributed by atoms with Gasteiger partial charge in [-0.1, -0.05) is 0 Å². The number of nitrogens with two attached hydrogens (primary N) is 1. The molecule has 1 aliphatic carbocycles. The second kappa shape index (κ2) is 3.78. The van der Waals surface area contributed by atoms with Crippen LogP contribution in [0.15, 0.2) is 12.3 Å². The molecule has 6 heteroatoms. The highest BCUT2D eigenvalue weighted by molar-refractivity contribution is 5.66. The zero-order valence-electron chi connectivity index (χ0n) is 9.43. The molecule has 3 nitrogen and oxygen atoms in total. The first kappa shape index (κ1) is 12.0. The van der Waals surface area contributed by atoms with Crippen molar-refractivity contribution in [1.29, 1.82) is 0 Å². The number of nitrogen functional groups attached to an aromatic ring is 1. The molecule has 1 aromatic rings. The summed E-state index contributed by atoms with van der Waals surface area (Å²) in [7, 11) is 0. The lowest BCUT2D eigenvalue weighted by Crippen LogP contribution is -2.41. The highest BCUT2D eigenvalue weighted by Gasteiger charge is 2.35. The Morgan fingerprint density at radius 1 is 1.41 bits per heavy atom. The third-order valence-electron chi connectivity index (χ3n) is 3.12. The first-order valence-corrected chi connectivity index (χ1v) is 5.41. The van der Waals surface area contributed by atoms with Gasteiger partial charge in [-0.15, -0.1) is 0 Å². The number of hydrogen-bond donors (Lipinski definition) is 2. The molecule has 0 spiro atoms. The van der Waals surface area contributed by atoms with E-state index in [1.54, 1.807) is 0 Å². The molecule has 0 bridgehead atoms. The number of halogens is 3. The second-order valence-electron chi connectivity index (χ2n) is 4.69. The van der Waals surface area contributed by atoms with Crippen LogP contribution in [0.3, 0.4) is 0 Å². The van der Waals surface area contributed by atoms with E-state index < -0.39 is 11.9 Å². The summed E-state index contributed by atoms with van der Waals surface area (Å²) < 4.78 is 37.5. The lowest BCUT2D eigenvalue weighted by molar-refractivity contribution is -0.141. The first-order chi connectivity index (χ1) is 7.80. The molecule has 0 aromatic carbocycles. The topological polar surface area (TPSA) is 50.9 Å². The van der Waals surface area contributed by atoms with Crippen LogP contribution >= 0.6 is 0 Å². The van der Waals surface area contributed by atoms with Gasteiger partial charge < -0.3 is 11.1 Å². The summed E-state index contributed by atoms with van der Waals surface area (Å²) in [6.07, 6.45) is -0.426. The molecule has 1 saturated carbocycles. The Balaban J connectivity index is 2.26. The van der Waals surface area contributed by atoms with Crippen LogP contribution in [0.25, 0.3) is 0 Å². The third kappa shape index (κ3) is 2.45. The number of aromatic nitrogens is 1. The zero-order valence-corrected chi connectivity index (χ0v) is 9.43. The molecule has 0 amide bonds. The number of hydrogen-bond acceptors (Lipinski definition) is 3. The molecule has 0 saturated heterocycles. The van der Waals surface area contributed by atoms with Gasteiger partial charge in [-0.3, -0.25) is 0 Å². The average Bonchev–Trinajstić information content (AvgIpc) is 2.17. The number of pyridine rings is 1. The van der Waals surface area contributed by atoms with Crippen LogP contribution in [0, 0.1) is 0 Å². The summed E-state index contributed by atoms with van der Waals surface area (Å²) in [5.41, 5.74) is 5.12. The van der Waals surface area contributed by atoms with Crippen LogP contribution in [0.4, 0.5) is 24.5 Å². The zero-order chi connectivity index (χ0) is 12.7. The van der Waals surface area contributed by atoms with Gasteiger partial charge in [0.1, 0.15) is 5.69 Å². The van der Waals surface area contributed by atoms with Gasteiger partial charge in [0.15, 0.2) is 0 Å². The molecule has 1 heterocycles. The van der Waals surface area contributed by atoms with E-state index in [0.29, 0.717) is 5.69 Å². The minimum absolute atomic E-state index is 0.141. The minimum atomic E-state index is -4.44. The van der Waals surface area contributed by atoms with Crippen molar-refractivity contribution in [3.05, 3.63) is 18.0 Å². The Morgan fingerprint density at radius 3 is 2.53 bits per heavy atom. The normalized spacial score (nSPS) is 18.6. The van der Waals surface area contributed by atoms with Gasteiger partial charge in [-0.05, 0) is 32.3 Å². The smallest absolute Gasteiger partial charge is 0.396 e. The maximum absolute atomic E-state index is 12.5. The number of alkyl halides is 3. The molecule has 94 valence electrons. The molecular formula is C11H14F3N3. The van der Waals surface area contributed by atoms with Gasteiger partial charge >= 0.3 is 6.18 Å². The van der Waals surface area contributed by atoms with E-state index >= 15 is 0 Å². The van der Waals surface area contributed by atoms with E-state index in [4.69, 9.17) is 5.73 Å². The quantitative estimate of drug-likeness (QED) is 0.842. The Labute approximate surface area is 97.2 Å². The van der Waals surface area contributed by atoms with Crippen LogP contribution in [0.5, 0.6) is 0 Å². The number of nitrogens with one attached hydrogen (secondary N) is 1. The predicted octanol–water partition coefficient (Wildman–Crippen LogP) is 3.04. The maximum Gasteiger partial charge on any atom is 0.433 e. The number of rotatable bonds is 2. The lowest BCUT2D eigenvalue weighted by atomic mass is 9.78. The standard InChI is InChI=1S/C11H14F3N3/c1-10(3-2-4-10)17-8-5-9(11(12,13)14)16-6-7(8)15/h5-6H,2-4,15H2,1H3,(H,16,17). The summed E-state index contributed by atoms with van der Waals surface area (Å²) in [5, 5.41) is 3.07. The molecule has 1 aromatic heterocycles. The molecule has 1 fully saturated rings. The third-order valence-corrected chi connectivity index (χ3v) is 3.12. The van der Waals surface area contributed by atoms with Crippen molar-refractivity contribution >= 4 is 11.4 Å². The molecule has 0 aliphatic heterocycles.